The molecule has 0 aliphatic carbocycles. The Kier molecular flexibility index (Phi) is 3.50. The zero-order chi connectivity index (χ0) is 13.9. The molecule has 3 rings (SSSR count). The molecule has 2 aromatic heterocycles. The van der Waals surface area contributed by atoms with Gasteiger partial charge in [-0.2, -0.15) is 4.80 Å². The zero-order valence-corrected chi connectivity index (χ0v) is 11.2. The predicted octanol–water partition coefficient (Wildman–Crippen LogP) is -0.848. The molecule has 20 heavy (non-hydrogen) atoms. The minimum atomic E-state index is -0.141. The SMILES string of the molecule is Cn1nnc(CC(=O)c2cn(C3CCNCC3)nn2)n1. The Morgan fingerprint density at radius 2 is 2.15 bits per heavy atom. The van der Waals surface area contributed by atoms with Crippen LogP contribution in [0.2, 0.25) is 0 Å². The summed E-state index contributed by atoms with van der Waals surface area (Å²) in [6, 6.07) is 0.319. The highest BCUT2D eigenvalue weighted by Crippen LogP contribution is 2.17. The highest BCUT2D eigenvalue weighted by Gasteiger charge is 2.19. The van der Waals surface area contributed by atoms with Crippen LogP contribution in [0.25, 0.3) is 0 Å². The Labute approximate surface area is 115 Å². The number of nitrogens with one attached hydrogen (secondary N) is 1. The van der Waals surface area contributed by atoms with Gasteiger partial charge in [0.15, 0.2) is 11.6 Å². The number of aryl methyl sites for hydroxylation is 1. The Morgan fingerprint density at radius 3 is 2.85 bits per heavy atom. The number of carbonyl (C=O) groups is 1. The van der Waals surface area contributed by atoms with E-state index in [9.17, 15) is 4.79 Å². The molecule has 0 bridgehead atoms. The third kappa shape index (κ3) is 2.72. The van der Waals surface area contributed by atoms with Gasteiger partial charge in [-0.25, -0.2) is 4.68 Å². The summed E-state index contributed by atoms with van der Waals surface area (Å²) in [5, 5.41) is 22.8. The van der Waals surface area contributed by atoms with Crippen molar-refractivity contribution in [2.75, 3.05) is 13.1 Å². The van der Waals surface area contributed by atoms with Gasteiger partial charge in [0.1, 0.15) is 5.69 Å². The second-order valence-electron chi connectivity index (χ2n) is 4.86. The average molecular weight is 276 g/mol. The zero-order valence-electron chi connectivity index (χ0n) is 11.2. The molecular formula is C11H16N8O. The lowest BCUT2D eigenvalue weighted by Gasteiger charge is -2.22. The molecule has 0 spiro atoms. The summed E-state index contributed by atoms with van der Waals surface area (Å²) in [7, 11) is 1.66. The van der Waals surface area contributed by atoms with Crippen LogP contribution in [-0.2, 0) is 13.5 Å². The molecule has 1 N–H and O–H groups in total. The van der Waals surface area contributed by atoms with E-state index < -0.39 is 0 Å². The molecule has 106 valence electrons. The van der Waals surface area contributed by atoms with E-state index >= 15 is 0 Å². The highest BCUT2D eigenvalue weighted by atomic mass is 16.1. The van der Waals surface area contributed by atoms with Crippen LogP contribution in [0.5, 0.6) is 0 Å². The lowest BCUT2D eigenvalue weighted by molar-refractivity contribution is 0.0986. The fraction of sp³-hybridized carbons (Fsp3) is 0.636. The summed E-state index contributed by atoms with van der Waals surface area (Å²) >= 11 is 0. The number of tetrazole rings is 1. The number of aromatic nitrogens is 7. The summed E-state index contributed by atoms with van der Waals surface area (Å²) in [4.78, 5) is 13.4. The maximum Gasteiger partial charge on any atom is 0.192 e. The minimum absolute atomic E-state index is 0.0960. The smallest absolute Gasteiger partial charge is 0.192 e. The molecule has 0 atom stereocenters. The summed E-state index contributed by atoms with van der Waals surface area (Å²) in [5.74, 6) is 0.257. The van der Waals surface area contributed by atoms with Crippen molar-refractivity contribution in [3.8, 4) is 0 Å². The van der Waals surface area contributed by atoms with Crippen LogP contribution in [0.3, 0.4) is 0 Å². The van der Waals surface area contributed by atoms with Crippen molar-refractivity contribution < 1.29 is 4.79 Å². The third-order valence-corrected chi connectivity index (χ3v) is 3.35. The van der Waals surface area contributed by atoms with Gasteiger partial charge in [-0.3, -0.25) is 4.79 Å². The van der Waals surface area contributed by atoms with E-state index in [-0.39, 0.29) is 12.2 Å². The van der Waals surface area contributed by atoms with E-state index in [4.69, 9.17) is 0 Å². The fourth-order valence-corrected chi connectivity index (χ4v) is 2.28. The van der Waals surface area contributed by atoms with Gasteiger partial charge in [-0.05, 0) is 31.1 Å². The first-order valence-electron chi connectivity index (χ1n) is 6.61. The van der Waals surface area contributed by atoms with Gasteiger partial charge in [0, 0.05) is 0 Å². The maximum atomic E-state index is 12.1. The van der Waals surface area contributed by atoms with Crippen LogP contribution >= 0.6 is 0 Å². The Bertz CT molecular complexity index is 597. The Balaban J connectivity index is 1.67. The van der Waals surface area contributed by atoms with E-state index in [1.807, 2.05) is 0 Å². The molecule has 9 heteroatoms. The average Bonchev–Trinajstić information content (AvgIpc) is 3.09. The van der Waals surface area contributed by atoms with Crippen molar-refractivity contribution in [3.05, 3.63) is 17.7 Å². The summed E-state index contributed by atoms with van der Waals surface area (Å²) in [6.07, 6.45) is 3.82. The van der Waals surface area contributed by atoms with Gasteiger partial charge < -0.3 is 5.32 Å². The molecule has 3 heterocycles. The summed E-state index contributed by atoms with van der Waals surface area (Å²) < 4.78 is 1.79. The number of hydrogen-bond donors (Lipinski definition) is 1. The van der Waals surface area contributed by atoms with Crippen molar-refractivity contribution in [1.82, 2.24) is 40.5 Å². The molecule has 0 radical (unpaired) electrons. The number of carbonyl (C=O) groups excluding carboxylic acids is 1. The first-order chi connectivity index (χ1) is 9.72. The molecule has 1 aliphatic rings. The number of Topliss-reactive ketones (excluding diaryl/α,β-unsaturated/α-hetero) is 1. The van der Waals surface area contributed by atoms with E-state index in [1.54, 1.807) is 17.9 Å². The van der Waals surface area contributed by atoms with Crippen LogP contribution < -0.4 is 5.32 Å². The van der Waals surface area contributed by atoms with E-state index in [2.05, 4.69) is 31.0 Å². The van der Waals surface area contributed by atoms with Crippen LogP contribution in [0.4, 0.5) is 0 Å². The van der Waals surface area contributed by atoms with Crippen molar-refractivity contribution in [2.45, 2.75) is 25.3 Å². The number of nitrogens with zero attached hydrogens (tertiary/aromatic N) is 7. The Morgan fingerprint density at radius 1 is 1.35 bits per heavy atom. The van der Waals surface area contributed by atoms with Crippen LogP contribution in [0, 0.1) is 0 Å². The van der Waals surface area contributed by atoms with Gasteiger partial charge in [0.2, 0.25) is 0 Å². The highest BCUT2D eigenvalue weighted by molar-refractivity contribution is 5.94. The van der Waals surface area contributed by atoms with Crippen LogP contribution in [0.15, 0.2) is 6.20 Å². The van der Waals surface area contributed by atoms with Gasteiger partial charge in [0.25, 0.3) is 0 Å². The van der Waals surface area contributed by atoms with Gasteiger partial charge >= 0.3 is 0 Å². The molecule has 0 unspecified atom stereocenters. The number of piperidine rings is 1. The number of ketones is 1. The first-order valence-corrected chi connectivity index (χ1v) is 6.61. The third-order valence-electron chi connectivity index (χ3n) is 3.35. The number of hydrogen-bond acceptors (Lipinski definition) is 7. The largest absolute Gasteiger partial charge is 0.317 e. The lowest BCUT2D eigenvalue weighted by atomic mass is 10.1. The van der Waals surface area contributed by atoms with E-state index in [0.717, 1.165) is 25.9 Å². The van der Waals surface area contributed by atoms with Gasteiger partial charge in [0.05, 0.1) is 25.7 Å². The molecule has 9 nitrogen and oxygen atoms in total. The van der Waals surface area contributed by atoms with Crippen molar-refractivity contribution in [3.63, 3.8) is 0 Å². The van der Waals surface area contributed by atoms with Gasteiger partial charge in [-0.15, -0.1) is 15.3 Å². The normalized spacial score (nSPS) is 16.4. The molecular weight excluding hydrogens is 260 g/mol. The van der Waals surface area contributed by atoms with Crippen molar-refractivity contribution in [1.29, 1.82) is 0 Å². The molecule has 0 amide bonds. The van der Waals surface area contributed by atoms with Gasteiger partial charge in [-0.1, -0.05) is 5.21 Å². The van der Waals surface area contributed by atoms with E-state index in [0.29, 0.717) is 17.6 Å². The van der Waals surface area contributed by atoms with Crippen molar-refractivity contribution >= 4 is 5.78 Å². The second-order valence-corrected chi connectivity index (χ2v) is 4.86. The van der Waals surface area contributed by atoms with E-state index in [1.165, 1.54) is 4.80 Å². The Hall–Kier alpha value is -2.16. The molecule has 1 saturated heterocycles. The lowest BCUT2D eigenvalue weighted by Crippen LogP contribution is -2.29. The standard InChI is InChI=1S/C11H16N8O/c1-18-15-11(14-16-18)6-10(20)9-7-19(17-13-9)8-2-4-12-5-3-8/h7-8,12H,2-6H2,1H3. The molecule has 0 aromatic carbocycles. The monoisotopic (exact) mass is 276 g/mol. The second kappa shape index (κ2) is 5.45. The molecule has 1 aliphatic heterocycles. The summed E-state index contributed by atoms with van der Waals surface area (Å²) in [6.45, 7) is 1.94. The molecule has 0 saturated carbocycles. The summed E-state index contributed by atoms with van der Waals surface area (Å²) in [5.41, 5.74) is 0.357. The quantitative estimate of drug-likeness (QED) is 0.725. The molecule has 1 fully saturated rings. The van der Waals surface area contributed by atoms with Crippen molar-refractivity contribution in [2.24, 2.45) is 7.05 Å². The maximum absolute atomic E-state index is 12.1. The first kappa shape index (κ1) is 12.9. The fourth-order valence-electron chi connectivity index (χ4n) is 2.28. The number of rotatable bonds is 4. The topological polar surface area (TPSA) is 103 Å². The predicted molar refractivity (Wildman–Crippen MR) is 68.0 cm³/mol. The van der Waals surface area contributed by atoms with Crippen LogP contribution in [-0.4, -0.2) is 54.1 Å². The van der Waals surface area contributed by atoms with Crippen LogP contribution in [0.1, 0.15) is 35.2 Å². The molecule has 2 aromatic rings. The minimum Gasteiger partial charge on any atom is -0.317 e.